The highest BCUT2D eigenvalue weighted by atomic mass is 32.1. The van der Waals surface area contributed by atoms with Crippen molar-refractivity contribution in [3.05, 3.63) is 40.5 Å². The van der Waals surface area contributed by atoms with E-state index in [1.54, 1.807) is 12.1 Å². The Bertz CT molecular complexity index is 581. The van der Waals surface area contributed by atoms with Crippen LogP contribution in [0.15, 0.2) is 29.6 Å². The Morgan fingerprint density at radius 2 is 2.18 bits per heavy atom. The molecule has 0 fully saturated rings. The van der Waals surface area contributed by atoms with Crippen LogP contribution in [0.1, 0.15) is 18.9 Å². The van der Waals surface area contributed by atoms with Gasteiger partial charge >= 0.3 is 0 Å². The molecule has 86 valence electrons. The average molecular weight is 246 g/mol. The van der Waals surface area contributed by atoms with Crippen LogP contribution in [-0.2, 0) is 5.41 Å². The first-order valence-electron chi connectivity index (χ1n) is 5.16. The van der Waals surface area contributed by atoms with Crippen LogP contribution < -0.4 is 0 Å². The number of thiazole rings is 1. The third-order valence-corrected chi connectivity index (χ3v) is 3.60. The van der Waals surface area contributed by atoms with Gasteiger partial charge in [-0.3, -0.25) is 0 Å². The minimum atomic E-state index is -0.601. The van der Waals surface area contributed by atoms with Crippen molar-refractivity contribution in [1.29, 1.82) is 5.26 Å². The lowest BCUT2D eigenvalue weighted by atomic mass is 9.97. The van der Waals surface area contributed by atoms with Crippen LogP contribution >= 0.6 is 11.3 Å². The summed E-state index contributed by atoms with van der Waals surface area (Å²) in [5, 5.41) is 11.6. The molecule has 1 heterocycles. The van der Waals surface area contributed by atoms with Gasteiger partial charge in [-0.25, -0.2) is 9.37 Å². The molecule has 0 aliphatic rings. The van der Waals surface area contributed by atoms with E-state index in [9.17, 15) is 4.39 Å². The van der Waals surface area contributed by atoms with Crippen molar-refractivity contribution in [3.8, 4) is 17.3 Å². The minimum absolute atomic E-state index is 0.281. The van der Waals surface area contributed by atoms with Crippen molar-refractivity contribution in [2.75, 3.05) is 0 Å². The van der Waals surface area contributed by atoms with E-state index in [1.165, 1.54) is 23.5 Å². The third kappa shape index (κ3) is 2.34. The number of hydrogen-bond acceptors (Lipinski definition) is 3. The van der Waals surface area contributed by atoms with Gasteiger partial charge in [-0.15, -0.1) is 11.3 Å². The Hall–Kier alpha value is -1.73. The lowest BCUT2D eigenvalue weighted by molar-refractivity contribution is 0.628. The van der Waals surface area contributed by atoms with Gasteiger partial charge in [0.05, 0.1) is 11.8 Å². The fourth-order valence-electron chi connectivity index (χ4n) is 1.39. The molecule has 4 heteroatoms. The molecular formula is C13H11FN2S. The predicted octanol–water partition coefficient (Wildman–Crippen LogP) is 3.75. The molecule has 1 aromatic heterocycles. The molecule has 1 aromatic carbocycles. The zero-order valence-corrected chi connectivity index (χ0v) is 10.4. The molecule has 0 saturated carbocycles. The molecule has 0 bridgehead atoms. The summed E-state index contributed by atoms with van der Waals surface area (Å²) in [5.41, 5.74) is 0.852. The summed E-state index contributed by atoms with van der Waals surface area (Å²) < 4.78 is 13.1. The van der Waals surface area contributed by atoms with Crippen molar-refractivity contribution < 1.29 is 4.39 Å². The number of rotatable bonds is 2. The van der Waals surface area contributed by atoms with Crippen LogP contribution in [-0.4, -0.2) is 4.98 Å². The zero-order chi connectivity index (χ0) is 12.5. The van der Waals surface area contributed by atoms with Crippen LogP contribution in [0, 0.1) is 17.1 Å². The average Bonchev–Trinajstić information content (AvgIpc) is 2.79. The van der Waals surface area contributed by atoms with Crippen LogP contribution in [0.2, 0.25) is 0 Å². The highest BCUT2D eigenvalue weighted by molar-refractivity contribution is 7.10. The fourth-order valence-corrected chi connectivity index (χ4v) is 2.29. The van der Waals surface area contributed by atoms with Gasteiger partial charge in [-0.05, 0) is 26.0 Å². The van der Waals surface area contributed by atoms with E-state index >= 15 is 0 Å². The normalized spacial score (nSPS) is 11.2. The van der Waals surface area contributed by atoms with Gasteiger partial charge in [0.2, 0.25) is 0 Å². The van der Waals surface area contributed by atoms with Crippen molar-refractivity contribution >= 4 is 11.3 Å². The van der Waals surface area contributed by atoms with E-state index in [-0.39, 0.29) is 5.82 Å². The maximum absolute atomic E-state index is 13.1. The van der Waals surface area contributed by atoms with Crippen molar-refractivity contribution in [3.63, 3.8) is 0 Å². The summed E-state index contributed by atoms with van der Waals surface area (Å²) in [7, 11) is 0. The summed E-state index contributed by atoms with van der Waals surface area (Å²) in [6, 6.07) is 8.51. The SMILES string of the molecule is CC(C)(C#N)c1nc(-c2cccc(F)c2)cs1. The predicted molar refractivity (Wildman–Crippen MR) is 66.1 cm³/mol. The molecular weight excluding hydrogens is 235 g/mol. The lowest BCUT2D eigenvalue weighted by Crippen LogP contribution is -2.13. The largest absolute Gasteiger partial charge is 0.240 e. The third-order valence-electron chi connectivity index (χ3n) is 2.44. The van der Waals surface area contributed by atoms with Crippen molar-refractivity contribution in [2.45, 2.75) is 19.3 Å². The van der Waals surface area contributed by atoms with E-state index in [4.69, 9.17) is 5.26 Å². The van der Waals surface area contributed by atoms with Gasteiger partial charge in [0.1, 0.15) is 16.2 Å². The molecule has 0 aliphatic heterocycles. The number of nitrogens with zero attached hydrogens (tertiary/aromatic N) is 2. The van der Waals surface area contributed by atoms with E-state index in [1.807, 2.05) is 19.2 Å². The number of aromatic nitrogens is 1. The Labute approximate surface area is 103 Å². The molecule has 17 heavy (non-hydrogen) atoms. The van der Waals surface area contributed by atoms with Crippen molar-refractivity contribution in [2.24, 2.45) is 0 Å². The molecule has 0 aliphatic carbocycles. The Morgan fingerprint density at radius 3 is 2.82 bits per heavy atom. The molecule has 0 unspecified atom stereocenters. The summed E-state index contributed by atoms with van der Waals surface area (Å²) in [6.45, 7) is 3.64. The molecule has 0 N–H and O–H groups in total. The lowest BCUT2D eigenvalue weighted by Gasteiger charge is -2.09. The van der Waals surface area contributed by atoms with Gasteiger partial charge < -0.3 is 0 Å². The maximum Gasteiger partial charge on any atom is 0.123 e. The van der Waals surface area contributed by atoms with Crippen LogP contribution in [0.3, 0.4) is 0 Å². The minimum Gasteiger partial charge on any atom is -0.240 e. The summed E-state index contributed by atoms with van der Waals surface area (Å²) >= 11 is 1.43. The van der Waals surface area contributed by atoms with E-state index in [0.29, 0.717) is 5.69 Å². The number of benzene rings is 1. The first kappa shape index (κ1) is 11.7. The summed E-state index contributed by atoms with van der Waals surface area (Å²) in [5.74, 6) is -0.281. The number of halogens is 1. The molecule has 2 rings (SSSR count). The Morgan fingerprint density at radius 1 is 1.41 bits per heavy atom. The molecule has 0 saturated heterocycles. The van der Waals surface area contributed by atoms with Gasteiger partial charge in [0, 0.05) is 10.9 Å². The van der Waals surface area contributed by atoms with Crippen LogP contribution in [0.25, 0.3) is 11.3 Å². The molecule has 2 aromatic rings. The first-order chi connectivity index (χ1) is 8.03. The quantitative estimate of drug-likeness (QED) is 0.809. The second-order valence-electron chi connectivity index (χ2n) is 4.29. The smallest absolute Gasteiger partial charge is 0.123 e. The first-order valence-corrected chi connectivity index (χ1v) is 6.04. The van der Waals surface area contributed by atoms with E-state index < -0.39 is 5.41 Å². The van der Waals surface area contributed by atoms with E-state index in [0.717, 1.165) is 10.6 Å². The number of hydrogen-bond donors (Lipinski definition) is 0. The second-order valence-corrected chi connectivity index (χ2v) is 5.14. The summed E-state index contributed by atoms with van der Waals surface area (Å²) in [6.07, 6.45) is 0. The highest BCUT2D eigenvalue weighted by Crippen LogP contribution is 2.29. The monoisotopic (exact) mass is 246 g/mol. The molecule has 0 radical (unpaired) electrons. The topological polar surface area (TPSA) is 36.7 Å². The van der Waals surface area contributed by atoms with Gasteiger partial charge in [-0.1, -0.05) is 12.1 Å². The van der Waals surface area contributed by atoms with Gasteiger partial charge in [0.15, 0.2) is 0 Å². The Kier molecular flexibility index (Phi) is 2.95. The van der Waals surface area contributed by atoms with Gasteiger partial charge in [-0.2, -0.15) is 5.26 Å². The molecule has 0 amide bonds. The van der Waals surface area contributed by atoms with E-state index in [2.05, 4.69) is 11.1 Å². The fraction of sp³-hybridized carbons (Fsp3) is 0.231. The standard InChI is InChI=1S/C13H11FN2S/c1-13(2,8-15)12-16-11(7-17-12)9-4-3-5-10(14)6-9/h3-7H,1-2H3. The van der Waals surface area contributed by atoms with Crippen LogP contribution in [0.5, 0.6) is 0 Å². The second kappa shape index (κ2) is 4.27. The molecule has 0 spiro atoms. The van der Waals surface area contributed by atoms with Gasteiger partial charge in [0.25, 0.3) is 0 Å². The zero-order valence-electron chi connectivity index (χ0n) is 9.57. The Balaban J connectivity index is 2.41. The molecule has 0 atom stereocenters. The molecule has 2 nitrogen and oxygen atoms in total. The number of nitriles is 1. The van der Waals surface area contributed by atoms with Crippen molar-refractivity contribution in [1.82, 2.24) is 4.98 Å². The maximum atomic E-state index is 13.1. The highest BCUT2D eigenvalue weighted by Gasteiger charge is 2.23. The van der Waals surface area contributed by atoms with Crippen LogP contribution in [0.4, 0.5) is 4.39 Å². The summed E-state index contributed by atoms with van der Waals surface area (Å²) in [4.78, 5) is 4.39.